The number of amides is 1. The summed E-state index contributed by atoms with van der Waals surface area (Å²) in [6.45, 7) is 13.9. The maximum atomic E-state index is 11.5. The average molecular weight is 1180 g/mol. The van der Waals surface area contributed by atoms with Crippen LogP contribution >= 0.6 is 70.6 Å². The van der Waals surface area contributed by atoms with Gasteiger partial charge in [-0.25, -0.2) is 4.68 Å². The molecule has 0 radical (unpaired) electrons. The summed E-state index contributed by atoms with van der Waals surface area (Å²) in [5.41, 5.74) is 13.5. The third-order valence-electron chi connectivity index (χ3n) is 13.4. The Kier molecular flexibility index (Phi) is 20.7. The minimum absolute atomic E-state index is 0.0590. The number of benzene rings is 6. The topological polar surface area (TPSA) is 155 Å². The van der Waals surface area contributed by atoms with Crippen molar-refractivity contribution < 1.29 is 19.2 Å². The van der Waals surface area contributed by atoms with Crippen LogP contribution in [0.1, 0.15) is 95.1 Å². The molecule has 0 spiro atoms. The number of rotatable bonds is 0. The second-order valence-corrected chi connectivity index (χ2v) is 26.7. The van der Waals surface area contributed by atoms with E-state index in [0.29, 0.717) is 36.6 Å². The second kappa shape index (κ2) is 28.2. The number of aryl methyl sites for hydroxylation is 8. The van der Waals surface area contributed by atoms with Gasteiger partial charge in [0.1, 0.15) is 17.9 Å². The van der Waals surface area contributed by atoms with Crippen molar-refractivity contribution in [3.8, 4) is 17.1 Å². The molecule has 8 aromatic rings. The van der Waals surface area contributed by atoms with Crippen LogP contribution in [0.25, 0.3) is 17.1 Å². The fourth-order valence-corrected chi connectivity index (χ4v) is 15.1. The van der Waals surface area contributed by atoms with Crippen LogP contribution < -0.4 is 5.32 Å². The Balaban J connectivity index is 0.000000116. The number of ketones is 3. The van der Waals surface area contributed by atoms with Gasteiger partial charge in [0.25, 0.3) is 5.91 Å². The second-order valence-electron chi connectivity index (χ2n) is 19.8. The van der Waals surface area contributed by atoms with Gasteiger partial charge in [-0.05, 0) is 130 Å². The Labute approximate surface area is 494 Å². The molecule has 14 rings (SSSR count). The highest BCUT2D eigenvalue weighted by molar-refractivity contribution is 8.00. The molecule has 0 bridgehead atoms. The Morgan fingerprint density at radius 2 is 0.938 bits per heavy atom. The molecule has 6 aliphatic heterocycles. The Morgan fingerprint density at radius 1 is 0.463 bits per heavy atom. The van der Waals surface area contributed by atoms with E-state index in [4.69, 9.17) is 0 Å². The van der Waals surface area contributed by atoms with Gasteiger partial charge in [-0.1, -0.05) is 70.3 Å². The molecule has 12 nitrogen and oxygen atoms in total. The van der Waals surface area contributed by atoms with Crippen molar-refractivity contribution in [3.63, 3.8) is 0 Å². The van der Waals surface area contributed by atoms with Crippen LogP contribution in [-0.2, 0) is 24.2 Å². The SMILES string of the molecule is Cc1ccc2c(c1)-c1nnnn1CCS2.Cc1ccc2c(c1)-n1cnnc1CCS2.Cc1ccc2c(c1)C(=O)CCS2.Cc1ccc2c(c1)C(=O)CCS2.Cc1ccc2c(c1)C(=O)NCCS2.Cc1ccc2c(c1)CC(=O)CCS2. The van der Waals surface area contributed by atoms with Gasteiger partial charge in [-0.2, -0.15) is 0 Å². The highest BCUT2D eigenvalue weighted by Gasteiger charge is 2.21. The number of fused-ring (bicyclic) bond motifs is 10. The van der Waals surface area contributed by atoms with E-state index in [1.165, 1.54) is 53.8 Å². The number of hydrogen-bond donors (Lipinski definition) is 1. The van der Waals surface area contributed by atoms with Gasteiger partial charge in [0, 0.05) is 119 Å². The first-order valence-corrected chi connectivity index (χ1v) is 32.6. The summed E-state index contributed by atoms with van der Waals surface area (Å²) in [7, 11) is 0. The molecule has 412 valence electrons. The van der Waals surface area contributed by atoms with Gasteiger partial charge in [0.2, 0.25) is 0 Å². The smallest absolute Gasteiger partial charge is 0.252 e. The zero-order chi connectivity index (χ0) is 56.1. The van der Waals surface area contributed by atoms with Gasteiger partial charge in [-0.3, -0.25) is 23.7 Å². The van der Waals surface area contributed by atoms with E-state index in [1.807, 2.05) is 91.4 Å². The third-order valence-corrected chi connectivity index (χ3v) is 19.8. The molecular formula is C62H64N8O4S6. The number of tetrazole rings is 1. The van der Waals surface area contributed by atoms with Crippen LogP contribution in [0.15, 0.2) is 145 Å². The van der Waals surface area contributed by atoms with Crippen molar-refractivity contribution in [2.24, 2.45) is 0 Å². The molecule has 0 fully saturated rings. The summed E-state index contributed by atoms with van der Waals surface area (Å²) in [6.07, 6.45) is 5.53. The predicted molar refractivity (Wildman–Crippen MR) is 330 cm³/mol. The van der Waals surface area contributed by atoms with Crippen molar-refractivity contribution in [3.05, 3.63) is 177 Å². The summed E-state index contributed by atoms with van der Waals surface area (Å²) in [6, 6.07) is 37.6. The Morgan fingerprint density at radius 3 is 1.59 bits per heavy atom. The quantitative estimate of drug-likeness (QED) is 0.153. The molecule has 18 heteroatoms. The van der Waals surface area contributed by atoms with Crippen LogP contribution in [0.2, 0.25) is 0 Å². The van der Waals surface area contributed by atoms with E-state index in [2.05, 4.69) is 123 Å². The number of nitrogens with one attached hydrogen (secondary N) is 1. The van der Waals surface area contributed by atoms with Gasteiger partial charge in [0.15, 0.2) is 17.4 Å². The number of hydrogen-bond acceptors (Lipinski definition) is 15. The normalized spacial score (nSPS) is 15.4. The molecule has 1 N–H and O–H groups in total. The van der Waals surface area contributed by atoms with Gasteiger partial charge >= 0.3 is 0 Å². The van der Waals surface area contributed by atoms with E-state index in [1.54, 1.807) is 53.4 Å². The molecule has 0 unspecified atom stereocenters. The molecule has 2 aromatic heterocycles. The summed E-state index contributed by atoms with van der Waals surface area (Å²) in [5, 5.41) is 22.8. The van der Waals surface area contributed by atoms with E-state index in [0.717, 1.165) is 115 Å². The number of carbonyl (C=O) groups excluding carboxylic acids is 4. The first kappa shape index (κ1) is 58.8. The first-order chi connectivity index (χ1) is 38.8. The van der Waals surface area contributed by atoms with Crippen LogP contribution in [0.5, 0.6) is 0 Å². The Hall–Kier alpha value is -5.89. The zero-order valence-corrected chi connectivity index (χ0v) is 50.8. The maximum absolute atomic E-state index is 11.5. The zero-order valence-electron chi connectivity index (χ0n) is 45.9. The van der Waals surface area contributed by atoms with Gasteiger partial charge < -0.3 is 5.32 Å². The molecule has 8 heterocycles. The number of carbonyl (C=O) groups is 4. The van der Waals surface area contributed by atoms with E-state index in [9.17, 15) is 19.2 Å². The third kappa shape index (κ3) is 15.6. The average Bonchev–Trinajstić information content (AvgIpc) is 3.93. The minimum atomic E-state index is 0.0590. The number of Topliss-reactive ketones (excluding diaryl/α,β-unsaturated/α-hetero) is 3. The van der Waals surface area contributed by atoms with Gasteiger partial charge in [-0.15, -0.1) is 85.9 Å². The van der Waals surface area contributed by atoms with Crippen molar-refractivity contribution in [2.45, 2.75) is 110 Å². The van der Waals surface area contributed by atoms with Crippen molar-refractivity contribution in [1.82, 2.24) is 40.3 Å². The first-order valence-electron chi connectivity index (χ1n) is 26.7. The standard InChI is InChI=1S/C11H11N3S.C11H12OS.C10H10N4S.C10H11NOS.2C10H10OS/c1-8-2-3-10-9(6-8)14-7-12-13-11(14)4-5-15-10;1-8-2-3-11-9(6-8)7-10(12)4-5-13-11;1-7-2-3-9-8(6-7)10-11-12-13-14(10)4-5-15-9;1-7-2-3-9-8(6-7)10(12)11-4-5-13-9;2*1-7-2-3-10-8(6-7)9(11)4-5-12-10/h2-3,6-7H,4-5H2,1H3;2-3,6H,4-5,7H2,1H3;2-3,6H,4-5H2,1H3;2-3,6H,4-5H2,1H3,(H,11,12);2*2-3,6H,4-5H2,1H3. The molecule has 80 heavy (non-hydrogen) atoms. The molecule has 0 saturated carbocycles. The lowest BCUT2D eigenvalue weighted by Crippen LogP contribution is -2.23. The molecule has 6 aromatic carbocycles. The van der Waals surface area contributed by atoms with E-state index >= 15 is 0 Å². The molecule has 0 atom stereocenters. The fraction of sp³-hybridized carbons (Fsp3) is 0.306. The van der Waals surface area contributed by atoms with Crippen molar-refractivity contribution in [2.75, 3.05) is 41.1 Å². The predicted octanol–water partition coefficient (Wildman–Crippen LogP) is 13.8. The van der Waals surface area contributed by atoms with E-state index < -0.39 is 0 Å². The summed E-state index contributed by atoms with van der Waals surface area (Å²) >= 11 is 10.8. The summed E-state index contributed by atoms with van der Waals surface area (Å²) in [5.74, 6) is 8.86. The number of thioether (sulfide) groups is 6. The summed E-state index contributed by atoms with van der Waals surface area (Å²) < 4.78 is 3.97. The largest absolute Gasteiger partial charge is 0.351 e. The molecule has 0 saturated heterocycles. The molecule has 6 aliphatic rings. The van der Waals surface area contributed by atoms with Crippen molar-refractivity contribution in [1.29, 1.82) is 0 Å². The highest BCUT2D eigenvalue weighted by atomic mass is 32.2. The molecule has 0 aliphatic carbocycles. The fourth-order valence-electron chi connectivity index (χ4n) is 9.24. The Bertz CT molecular complexity index is 3400. The lowest BCUT2D eigenvalue weighted by atomic mass is 10.1. The van der Waals surface area contributed by atoms with Crippen LogP contribution in [0, 0.1) is 41.5 Å². The maximum Gasteiger partial charge on any atom is 0.252 e. The van der Waals surface area contributed by atoms with Gasteiger partial charge in [0.05, 0.1) is 17.8 Å². The minimum Gasteiger partial charge on any atom is -0.351 e. The number of aromatic nitrogens is 7. The van der Waals surface area contributed by atoms with Crippen molar-refractivity contribution >= 4 is 93.8 Å². The monoisotopic (exact) mass is 1180 g/mol. The molecular weight excluding hydrogens is 1110 g/mol. The van der Waals surface area contributed by atoms with Crippen LogP contribution in [-0.4, -0.2) is 99.3 Å². The van der Waals surface area contributed by atoms with Crippen LogP contribution in [0.3, 0.4) is 0 Å². The lowest BCUT2D eigenvalue weighted by Gasteiger charge is -2.13. The van der Waals surface area contributed by atoms with E-state index in [-0.39, 0.29) is 5.91 Å². The number of nitrogens with zero attached hydrogens (tertiary/aromatic N) is 7. The lowest BCUT2D eigenvalue weighted by molar-refractivity contribution is -0.118. The summed E-state index contributed by atoms with van der Waals surface area (Å²) in [4.78, 5) is 53.0. The molecule has 1 amide bonds. The highest BCUT2D eigenvalue weighted by Crippen LogP contribution is 2.36. The van der Waals surface area contributed by atoms with Crippen LogP contribution in [0.4, 0.5) is 0 Å².